The molecule has 3 N–H and O–H groups in total. The number of benzene rings is 2. The molecule has 0 heterocycles. The van der Waals surface area contributed by atoms with Crippen LogP contribution in [0.4, 0.5) is 16.2 Å². The molecule has 0 aliphatic carbocycles. The van der Waals surface area contributed by atoms with Crippen LogP contribution in [-0.2, 0) is 4.79 Å². The van der Waals surface area contributed by atoms with Crippen LogP contribution in [0.2, 0.25) is 0 Å². The number of carbonyl (C=O) groups is 2. The zero-order valence-corrected chi connectivity index (χ0v) is 20.6. The van der Waals surface area contributed by atoms with Gasteiger partial charge in [0.15, 0.2) is 0 Å². The van der Waals surface area contributed by atoms with Crippen molar-refractivity contribution in [1.29, 1.82) is 0 Å². The molecule has 7 heteroatoms. The van der Waals surface area contributed by atoms with E-state index in [1.165, 1.54) is 5.01 Å². The molecule has 2 aromatic carbocycles. The number of nitrogens with two attached hydrogens (primary N) is 1. The van der Waals surface area contributed by atoms with Crippen molar-refractivity contribution in [2.45, 2.75) is 53.4 Å². The van der Waals surface area contributed by atoms with Gasteiger partial charge >= 0.3 is 12.0 Å². The number of nitrogens with zero attached hydrogens (tertiary/aromatic N) is 3. The Bertz CT molecular complexity index is 1020. The summed E-state index contributed by atoms with van der Waals surface area (Å²) in [6, 6.07) is 12.7. The lowest BCUT2D eigenvalue weighted by molar-refractivity contribution is -0.131. The fourth-order valence-corrected chi connectivity index (χ4v) is 3.54. The van der Waals surface area contributed by atoms with Gasteiger partial charge in [-0.1, -0.05) is 62.6 Å². The molecule has 0 spiro atoms. The van der Waals surface area contributed by atoms with E-state index >= 15 is 0 Å². The van der Waals surface area contributed by atoms with Crippen LogP contribution >= 0.6 is 0 Å². The van der Waals surface area contributed by atoms with Gasteiger partial charge < -0.3 is 15.7 Å². The van der Waals surface area contributed by atoms with E-state index in [4.69, 9.17) is 5.73 Å². The number of hydrogen-bond acceptors (Lipinski definition) is 4. The minimum Gasteiger partial charge on any atom is -0.478 e. The summed E-state index contributed by atoms with van der Waals surface area (Å²) in [6.07, 6.45) is 6.85. The first-order valence-corrected chi connectivity index (χ1v) is 11.8. The normalized spacial score (nSPS) is 11.6. The number of hydrogen-bond donors (Lipinski definition) is 2. The molecule has 0 radical (unpaired) electrons. The van der Waals surface area contributed by atoms with Crippen LogP contribution in [-0.4, -0.2) is 36.4 Å². The molecule has 2 amide bonds. The Morgan fingerprint density at radius 2 is 1.62 bits per heavy atom. The molecule has 0 aliphatic heterocycles. The third-order valence-corrected chi connectivity index (χ3v) is 5.51. The van der Waals surface area contributed by atoms with Crippen molar-refractivity contribution in [2.75, 3.05) is 23.0 Å². The van der Waals surface area contributed by atoms with E-state index < -0.39 is 12.0 Å². The fraction of sp³-hybridized carbons (Fsp3) is 0.370. The first-order chi connectivity index (χ1) is 16.3. The van der Waals surface area contributed by atoms with Crippen molar-refractivity contribution < 1.29 is 14.7 Å². The summed E-state index contributed by atoms with van der Waals surface area (Å²) in [7, 11) is 0. The molecule has 0 aliphatic rings. The summed E-state index contributed by atoms with van der Waals surface area (Å²) in [4.78, 5) is 26.0. The van der Waals surface area contributed by atoms with Gasteiger partial charge in [0.25, 0.3) is 0 Å². The number of allylic oxidation sites excluding steroid dienone is 1. The maximum Gasteiger partial charge on any atom is 0.340 e. The standard InChI is InChI=1S/C27H36N4O3/c1-5-7-15-30(16-8-6-2)24-14-13-23(21(4)17-26(32)33)18-25(24)31(27(28)34)29-19-22-11-9-20(3)10-12-22/h9-14,17-19H,5-8,15-16H2,1-4H3,(H2,28,34)(H,32,33)/b21-17+,29-19+. The van der Waals surface area contributed by atoms with Crippen LogP contribution in [0.25, 0.3) is 5.57 Å². The van der Waals surface area contributed by atoms with Gasteiger partial charge in [-0.2, -0.15) is 10.1 Å². The molecule has 34 heavy (non-hydrogen) atoms. The van der Waals surface area contributed by atoms with E-state index in [9.17, 15) is 14.7 Å². The van der Waals surface area contributed by atoms with Crippen LogP contribution in [0.15, 0.2) is 53.6 Å². The van der Waals surface area contributed by atoms with Crippen molar-refractivity contribution in [3.05, 3.63) is 65.2 Å². The highest BCUT2D eigenvalue weighted by molar-refractivity contribution is 5.98. The van der Waals surface area contributed by atoms with Gasteiger partial charge in [-0.25, -0.2) is 9.59 Å². The number of carbonyl (C=O) groups excluding carboxylic acids is 1. The van der Waals surface area contributed by atoms with E-state index in [0.29, 0.717) is 16.8 Å². The SMILES string of the molecule is CCCCN(CCCC)c1ccc(/C(C)=C/C(=O)O)cc1N(/N=C/c1ccc(C)cc1)C(N)=O. The van der Waals surface area contributed by atoms with E-state index in [0.717, 1.165) is 61.7 Å². The smallest absolute Gasteiger partial charge is 0.340 e. The monoisotopic (exact) mass is 464 g/mol. The molecule has 0 bridgehead atoms. The largest absolute Gasteiger partial charge is 0.478 e. The van der Waals surface area contributed by atoms with E-state index in [1.807, 2.05) is 43.3 Å². The van der Waals surface area contributed by atoms with Crippen molar-refractivity contribution in [1.82, 2.24) is 0 Å². The second kappa shape index (κ2) is 13.2. The first-order valence-electron chi connectivity index (χ1n) is 11.8. The molecule has 2 aromatic rings. The molecular weight excluding hydrogens is 428 g/mol. The third-order valence-electron chi connectivity index (χ3n) is 5.51. The van der Waals surface area contributed by atoms with Crippen LogP contribution in [0.1, 0.15) is 63.1 Å². The highest BCUT2D eigenvalue weighted by Crippen LogP contribution is 2.34. The maximum atomic E-state index is 12.5. The number of carboxylic acids is 1. The van der Waals surface area contributed by atoms with Crippen LogP contribution in [0, 0.1) is 6.92 Å². The highest BCUT2D eigenvalue weighted by Gasteiger charge is 2.20. The Labute approximate surface area is 202 Å². The fourth-order valence-electron chi connectivity index (χ4n) is 3.54. The molecule has 0 fully saturated rings. The summed E-state index contributed by atoms with van der Waals surface area (Å²) >= 11 is 0. The molecular formula is C27H36N4O3. The number of anilines is 2. The number of aryl methyl sites for hydroxylation is 1. The minimum atomic E-state index is -1.03. The quantitative estimate of drug-likeness (QED) is 0.235. The highest BCUT2D eigenvalue weighted by atomic mass is 16.4. The van der Waals surface area contributed by atoms with Gasteiger partial charge in [0.2, 0.25) is 0 Å². The predicted molar refractivity (Wildman–Crippen MR) is 141 cm³/mol. The van der Waals surface area contributed by atoms with E-state index in [1.54, 1.807) is 19.2 Å². The summed E-state index contributed by atoms with van der Waals surface area (Å²) in [5.41, 5.74) is 10.4. The number of amides is 2. The van der Waals surface area contributed by atoms with Gasteiger partial charge in [-0.3, -0.25) is 0 Å². The molecule has 7 nitrogen and oxygen atoms in total. The van der Waals surface area contributed by atoms with E-state index in [2.05, 4.69) is 23.8 Å². The zero-order chi connectivity index (χ0) is 25.1. The van der Waals surface area contributed by atoms with Crippen molar-refractivity contribution >= 4 is 35.2 Å². The van der Waals surface area contributed by atoms with Gasteiger partial charge in [0, 0.05) is 19.2 Å². The zero-order valence-electron chi connectivity index (χ0n) is 20.6. The predicted octanol–water partition coefficient (Wildman–Crippen LogP) is 5.81. The summed E-state index contributed by atoms with van der Waals surface area (Å²) in [5, 5.41) is 14.8. The number of carboxylic acid groups (broad SMARTS) is 1. The van der Waals surface area contributed by atoms with Crippen molar-refractivity contribution in [3.63, 3.8) is 0 Å². The molecule has 2 rings (SSSR count). The first kappa shape index (κ1) is 26.6. The van der Waals surface area contributed by atoms with Gasteiger partial charge in [-0.05, 0) is 55.5 Å². The Morgan fingerprint density at radius 1 is 1.00 bits per heavy atom. The molecule has 0 saturated carbocycles. The second-order valence-electron chi connectivity index (χ2n) is 8.37. The van der Waals surface area contributed by atoms with Gasteiger partial charge in [0.1, 0.15) is 0 Å². The van der Waals surface area contributed by atoms with E-state index in [-0.39, 0.29) is 0 Å². The average molecular weight is 465 g/mol. The number of urea groups is 1. The lowest BCUT2D eigenvalue weighted by atomic mass is 10.0. The lowest BCUT2D eigenvalue weighted by Gasteiger charge is -2.29. The average Bonchev–Trinajstić information content (AvgIpc) is 2.80. The molecule has 182 valence electrons. The minimum absolute atomic E-state index is 0.527. The van der Waals surface area contributed by atoms with Crippen molar-refractivity contribution in [3.8, 4) is 0 Å². The van der Waals surface area contributed by atoms with Gasteiger partial charge in [0.05, 0.1) is 17.6 Å². The summed E-state index contributed by atoms with van der Waals surface area (Å²) < 4.78 is 0. The number of rotatable bonds is 12. The molecule has 0 unspecified atom stereocenters. The topological polar surface area (TPSA) is 99.2 Å². The van der Waals surface area contributed by atoms with Crippen molar-refractivity contribution in [2.24, 2.45) is 10.8 Å². The number of unbranched alkanes of at least 4 members (excludes halogenated alkanes) is 2. The lowest BCUT2D eigenvalue weighted by Crippen LogP contribution is -2.34. The Balaban J connectivity index is 2.61. The molecule has 0 atom stereocenters. The van der Waals surface area contributed by atoms with Crippen LogP contribution < -0.4 is 15.6 Å². The Hall–Kier alpha value is -3.61. The number of hydrazone groups is 1. The Morgan fingerprint density at radius 3 is 2.15 bits per heavy atom. The number of primary amides is 1. The molecule has 0 aromatic heterocycles. The van der Waals surface area contributed by atoms with Crippen LogP contribution in [0.5, 0.6) is 0 Å². The van der Waals surface area contributed by atoms with Gasteiger partial charge in [-0.15, -0.1) is 0 Å². The second-order valence-corrected chi connectivity index (χ2v) is 8.37. The number of aliphatic carboxylic acids is 1. The summed E-state index contributed by atoms with van der Waals surface area (Å²) in [5.74, 6) is -1.03. The third kappa shape index (κ3) is 7.76. The Kier molecular flexibility index (Phi) is 10.3. The maximum absolute atomic E-state index is 12.5. The van der Waals surface area contributed by atoms with Crippen LogP contribution in [0.3, 0.4) is 0 Å². The summed E-state index contributed by atoms with van der Waals surface area (Å²) in [6.45, 7) is 9.68. The molecule has 0 saturated heterocycles.